The number of hydrogen-bond donors (Lipinski definition) is 5. The lowest BCUT2D eigenvalue weighted by atomic mass is 9.91. The maximum atomic E-state index is 13.5. The summed E-state index contributed by atoms with van der Waals surface area (Å²) >= 11 is 0. The van der Waals surface area contributed by atoms with E-state index in [-0.39, 0.29) is 35.9 Å². The van der Waals surface area contributed by atoms with Crippen LogP contribution in [0.2, 0.25) is 0 Å². The molecule has 7 rings (SSSR count). The number of aromatic nitrogens is 2. The van der Waals surface area contributed by atoms with E-state index in [9.17, 15) is 14.4 Å². The Morgan fingerprint density at radius 1 is 0.849 bits per heavy atom. The Kier molecular flexibility index (Phi) is 11.0. The molecule has 2 fully saturated rings. The van der Waals surface area contributed by atoms with Crippen LogP contribution in [0.4, 0.5) is 5.82 Å². The van der Waals surface area contributed by atoms with Gasteiger partial charge in [0, 0.05) is 74.0 Å². The molecular weight excluding hydrogens is 670 g/mol. The van der Waals surface area contributed by atoms with Crippen molar-refractivity contribution in [1.29, 1.82) is 0 Å². The molecule has 0 unspecified atom stereocenters. The SMILES string of the molecule is COc1nc(O[C@H]2CCc3c(-c4cccc(C(=O)Nc5ccc(CNC[C@@H]6CCC(=O)N6)cn5)c4C)cccc32)c(C)cc1CNC[C@@H]1CCC(=O)N1. The zero-order valence-electron chi connectivity index (χ0n) is 30.5. The fourth-order valence-electron chi connectivity index (χ4n) is 7.58. The highest BCUT2D eigenvalue weighted by molar-refractivity contribution is 6.06. The number of methoxy groups -OCH3 is 1. The fourth-order valence-corrected chi connectivity index (χ4v) is 7.58. The number of amides is 3. The summed E-state index contributed by atoms with van der Waals surface area (Å²) in [5.41, 5.74) is 8.76. The minimum absolute atomic E-state index is 0.107. The number of ether oxygens (including phenoxy) is 2. The van der Waals surface area contributed by atoms with Crippen molar-refractivity contribution in [2.24, 2.45) is 0 Å². The van der Waals surface area contributed by atoms with Gasteiger partial charge in [0.15, 0.2) is 0 Å². The van der Waals surface area contributed by atoms with Gasteiger partial charge >= 0.3 is 0 Å². The molecule has 276 valence electrons. The predicted molar refractivity (Wildman–Crippen MR) is 202 cm³/mol. The summed E-state index contributed by atoms with van der Waals surface area (Å²) in [6.07, 6.45) is 6.08. The topological polar surface area (TPSA) is 156 Å². The molecule has 4 aromatic rings. The third kappa shape index (κ3) is 8.34. The van der Waals surface area contributed by atoms with E-state index >= 15 is 0 Å². The zero-order valence-corrected chi connectivity index (χ0v) is 30.5. The first kappa shape index (κ1) is 36.0. The molecule has 53 heavy (non-hydrogen) atoms. The number of benzene rings is 2. The number of carbonyl (C=O) groups is 3. The Hall–Kier alpha value is -5.33. The summed E-state index contributed by atoms with van der Waals surface area (Å²) in [7, 11) is 1.61. The van der Waals surface area contributed by atoms with Crippen LogP contribution in [0, 0.1) is 13.8 Å². The normalized spacial score (nSPS) is 19.1. The molecule has 2 aliphatic heterocycles. The van der Waals surface area contributed by atoms with Crippen molar-refractivity contribution in [1.82, 2.24) is 31.2 Å². The van der Waals surface area contributed by atoms with Crippen LogP contribution in [-0.2, 0) is 29.1 Å². The standard InChI is InChI=1S/C41H47N7O5/c1-24-18-27(21-43-23-29-12-17-38(50)46-29)41(52-3)48-40(24)53-35-14-13-33-32(8-5-9-34(33)35)30-6-4-7-31(25(30)2)39(51)47-36-15-10-26(20-44-36)19-42-22-28-11-16-37(49)45-28/h4-10,15,18,20,28-29,35,42-43H,11-14,16-17,19,21-23H2,1-3H3,(H,45,49)(H,46,50)(H,44,47,51)/t28-,29-,35-/m0/s1. The second-order valence-electron chi connectivity index (χ2n) is 14.1. The average Bonchev–Trinajstić information content (AvgIpc) is 3.89. The Labute approximate surface area is 309 Å². The van der Waals surface area contributed by atoms with E-state index in [1.165, 1.54) is 5.56 Å². The third-order valence-corrected chi connectivity index (χ3v) is 10.4. The molecule has 12 heteroatoms. The number of rotatable bonds is 14. The van der Waals surface area contributed by atoms with E-state index in [0.29, 0.717) is 62.2 Å². The monoisotopic (exact) mass is 717 g/mol. The van der Waals surface area contributed by atoms with E-state index in [1.807, 2.05) is 38.1 Å². The molecule has 3 atom stereocenters. The molecule has 3 amide bonds. The van der Waals surface area contributed by atoms with E-state index < -0.39 is 0 Å². The van der Waals surface area contributed by atoms with Crippen LogP contribution in [0.3, 0.4) is 0 Å². The summed E-state index contributed by atoms with van der Waals surface area (Å²) in [4.78, 5) is 45.7. The highest BCUT2D eigenvalue weighted by atomic mass is 16.5. The minimum atomic E-state index is -0.215. The summed E-state index contributed by atoms with van der Waals surface area (Å²) in [5.74, 6) is 1.54. The molecule has 2 aromatic heterocycles. The van der Waals surface area contributed by atoms with Crippen molar-refractivity contribution in [3.05, 3.63) is 99.7 Å². The lowest BCUT2D eigenvalue weighted by molar-refractivity contribution is -0.120. The summed E-state index contributed by atoms with van der Waals surface area (Å²) in [6.45, 7) is 6.58. The lowest BCUT2D eigenvalue weighted by Crippen LogP contribution is -2.35. The molecule has 1 aliphatic carbocycles. The van der Waals surface area contributed by atoms with Crippen molar-refractivity contribution < 1.29 is 23.9 Å². The number of carbonyl (C=O) groups excluding carboxylic acids is 3. The van der Waals surface area contributed by atoms with Crippen LogP contribution in [0.5, 0.6) is 11.8 Å². The van der Waals surface area contributed by atoms with Crippen molar-refractivity contribution in [2.45, 2.75) is 83.6 Å². The first-order valence-electron chi connectivity index (χ1n) is 18.4. The van der Waals surface area contributed by atoms with Gasteiger partial charge in [-0.3, -0.25) is 14.4 Å². The molecular formula is C41H47N7O5. The Morgan fingerprint density at radius 2 is 1.57 bits per heavy atom. The van der Waals surface area contributed by atoms with Crippen LogP contribution in [-0.4, -0.2) is 60.0 Å². The Bertz CT molecular complexity index is 2000. The van der Waals surface area contributed by atoms with Crippen molar-refractivity contribution in [2.75, 3.05) is 25.5 Å². The van der Waals surface area contributed by atoms with Crippen molar-refractivity contribution >= 4 is 23.5 Å². The lowest BCUT2D eigenvalue weighted by Gasteiger charge is -2.19. The maximum absolute atomic E-state index is 13.5. The molecule has 0 spiro atoms. The van der Waals surface area contributed by atoms with Crippen LogP contribution in [0.15, 0.2) is 60.8 Å². The van der Waals surface area contributed by atoms with Crippen LogP contribution >= 0.6 is 0 Å². The van der Waals surface area contributed by atoms with Gasteiger partial charge in [-0.25, -0.2) is 4.98 Å². The van der Waals surface area contributed by atoms with E-state index in [2.05, 4.69) is 61.9 Å². The second-order valence-corrected chi connectivity index (χ2v) is 14.1. The maximum Gasteiger partial charge on any atom is 0.257 e. The first-order valence-corrected chi connectivity index (χ1v) is 18.4. The number of anilines is 1. The fraction of sp³-hybridized carbons (Fsp3) is 0.390. The molecule has 0 bridgehead atoms. The van der Waals surface area contributed by atoms with Gasteiger partial charge in [0.25, 0.3) is 5.91 Å². The number of nitrogens with one attached hydrogen (secondary N) is 5. The Balaban J connectivity index is 1.000. The molecule has 0 saturated carbocycles. The molecule has 3 aliphatic rings. The van der Waals surface area contributed by atoms with E-state index in [0.717, 1.165) is 64.6 Å². The van der Waals surface area contributed by atoms with Crippen LogP contribution < -0.4 is 36.1 Å². The number of aryl methyl sites for hydroxylation is 1. The number of hydrogen-bond acceptors (Lipinski definition) is 9. The Morgan fingerprint density at radius 3 is 2.25 bits per heavy atom. The summed E-state index contributed by atoms with van der Waals surface area (Å²) in [6, 6.07) is 18.2. The first-order chi connectivity index (χ1) is 25.7. The molecule has 0 radical (unpaired) electrons. The molecule has 4 heterocycles. The largest absolute Gasteiger partial charge is 0.481 e. The van der Waals surface area contributed by atoms with Gasteiger partial charge in [0.2, 0.25) is 23.6 Å². The van der Waals surface area contributed by atoms with Crippen molar-refractivity contribution in [3.63, 3.8) is 0 Å². The van der Waals surface area contributed by atoms with Gasteiger partial charge in [0.05, 0.1) is 7.11 Å². The van der Waals surface area contributed by atoms with Crippen molar-refractivity contribution in [3.8, 4) is 22.9 Å². The van der Waals surface area contributed by atoms with Crippen LogP contribution in [0.25, 0.3) is 11.1 Å². The minimum Gasteiger partial charge on any atom is -0.481 e. The molecule has 5 N–H and O–H groups in total. The van der Waals surface area contributed by atoms with Gasteiger partial charge in [-0.1, -0.05) is 36.4 Å². The predicted octanol–water partition coefficient (Wildman–Crippen LogP) is 4.82. The van der Waals surface area contributed by atoms with Gasteiger partial charge in [0.1, 0.15) is 11.9 Å². The third-order valence-electron chi connectivity index (χ3n) is 10.4. The van der Waals surface area contributed by atoms with E-state index in [4.69, 9.17) is 14.5 Å². The smallest absolute Gasteiger partial charge is 0.257 e. The highest BCUT2D eigenvalue weighted by Crippen LogP contribution is 2.42. The second kappa shape index (κ2) is 16.1. The molecule has 2 aromatic carbocycles. The number of nitrogens with zero attached hydrogens (tertiary/aromatic N) is 2. The van der Waals surface area contributed by atoms with E-state index in [1.54, 1.807) is 13.3 Å². The zero-order chi connectivity index (χ0) is 36.9. The molecule has 2 saturated heterocycles. The summed E-state index contributed by atoms with van der Waals surface area (Å²) in [5, 5.41) is 15.7. The number of fused-ring (bicyclic) bond motifs is 1. The average molecular weight is 718 g/mol. The van der Waals surface area contributed by atoms with Gasteiger partial charge in [-0.05, 0) is 91.1 Å². The molecule has 12 nitrogen and oxygen atoms in total. The number of pyridine rings is 2. The van der Waals surface area contributed by atoms with Gasteiger partial charge < -0.3 is 36.1 Å². The van der Waals surface area contributed by atoms with Crippen LogP contribution in [0.1, 0.15) is 81.9 Å². The van der Waals surface area contributed by atoms with Gasteiger partial charge in [-0.15, -0.1) is 0 Å². The van der Waals surface area contributed by atoms with Gasteiger partial charge in [-0.2, -0.15) is 4.98 Å². The quantitative estimate of drug-likeness (QED) is 0.123. The summed E-state index contributed by atoms with van der Waals surface area (Å²) < 4.78 is 12.2. The highest BCUT2D eigenvalue weighted by Gasteiger charge is 2.29.